The van der Waals surface area contributed by atoms with Crippen molar-refractivity contribution < 1.29 is 19.1 Å². The second-order valence-electron chi connectivity index (χ2n) is 6.32. The van der Waals surface area contributed by atoms with E-state index in [1.54, 1.807) is 24.3 Å². The Labute approximate surface area is 168 Å². The lowest BCUT2D eigenvalue weighted by molar-refractivity contribution is -0.124. The van der Waals surface area contributed by atoms with Gasteiger partial charge in [-0.3, -0.25) is 4.79 Å². The molecule has 0 fully saturated rings. The van der Waals surface area contributed by atoms with Gasteiger partial charge in [-0.05, 0) is 47.5 Å². The zero-order valence-corrected chi connectivity index (χ0v) is 16.3. The number of halogens is 1. The molecule has 0 aliphatic carbocycles. The predicted octanol–water partition coefficient (Wildman–Crippen LogP) is 4.54. The molecule has 1 N–H and O–H groups in total. The molecule has 0 aliphatic rings. The summed E-state index contributed by atoms with van der Waals surface area (Å²) in [6.45, 7) is 1.44. The van der Waals surface area contributed by atoms with Gasteiger partial charge in [0.2, 0.25) is 0 Å². The molecular formula is C22H20ClNO4. The lowest BCUT2D eigenvalue weighted by Gasteiger charge is -2.15. The molecule has 144 valence electrons. The minimum absolute atomic E-state index is 0.264. The summed E-state index contributed by atoms with van der Waals surface area (Å²) in [4.78, 5) is 24.6. The maximum absolute atomic E-state index is 12.5. The standard InChI is InChI=1S/C22H20ClNO4/c1-14(15-8-5-9-18(23)10-15)24-21(25)13-28-22(26)19-11-16-6-3-4-7-17(16)12-20(19)27-2/h3-12,14H,13H2,1-2H3,(H,24,25)/t14-/m0/s1. The van der Waals surface area contributed by atoms with Crippen LogP contribution >= 0.6 is 11.6 Å². The first-order valence-corrected chi connectivity index (χ1v) is 9.14. The molecule has 0 aromatic heterocycles. The molecule has 0 heterocycles. The smallest absolute Gasteiger partial charge is 0.342 e. The molecule has 28 heavy (non-hydrogen) atoms. The van der Waals surface area contributed by atoms with Gasteiger partial charge in [0, 0.05) is 5.02 Å². The van der Waals surface area contributed by atoms with E-state index in [9.17, 15) is 9.59 Å². The fraction of sp³-hybridized carbons (Fsp3) is 0.182. The molecule has 0 saturated heterocycles. The molecule has 0 spiro atoms. The topological polar surface area (TPSA) is 64.6 Å². The van der Waals surface area contributed by atoms with Crippen LogP contribution < -0.4 is 10.1 Å². The van der Waals surface area contributed by atoms with Crippen LogP contribution in [0.1, 0.15) is 28.9 Å². The molecule has 3 aromatic rings. The normalized spacial score (nSPS) is 11.7. The van der Waals surface area contributed by atoms with E-state index in [1.165, 1.54) is 7.11 Å². The monoisotopic (exact) mass is 397 g/mol. The van der Waals surface area contributed by atoms with E-state index in [2.05, 4.69) is 5.32 Å². The van der Waals surface area contributed by atoms with Gasteiger partial charge in [-0.25, -0.2) is 4.79 Å². The van der Waals surface area contributed by atoms with Crippen molar-refractivity contribution in [3.05, 3.63) is 76.8 Å². The number of hydrogen-bond acceptors (Lipinski definition) is 4. The number of carbonyl (C=O) groups is 2. The molecule has 0 bridgehead atoms. The largest absolute Gasteiger partial charge is 0.496 e. The average Bonchev–Trinajstić information content (AvgIpc) is 2.70. The summed E-state index contributed by atoms with van der Waals surface area (Å²) in [5.41, 5.74) is 1.14. The van der Waals surface area contributed by atoms with Crippen LogP contribution in [-0.2, 0) is 9.53 Å². The van der Waals surface area contributed by atoms with E-state index < -0.39 is 11.9 Å². The van der Waals surface area contributed by atoms with Crippen LogP contribution in [0.15, 0.2) is 60.7 Å². The van der Waals surface area contributed by atoms with Crippen LogP contribution in [0.25, 0.3) is 10.8 Å². The van der Waals surface area contributed by atoms with E-state index in [0.29, 0.717) is 10.8 Å². The Hall–Kier alpha value is -3.05. The number of carbonyl (C=O) groups excluding carboxylic acids is 2. The fourth-order valence-electron chi connectivity index (χ4n) is 2.90. The lowest BCUT2D eigenvalue weighted by Crippen LogP contribution is -2.31. The third-order valence-corrected chi connectivity index (χ3v) is 4.58. The van der Waals surface area contributed by atoms with Gasteiger partial charge in [0.05, 0.1) is 13.2 Å². The highest BCUT2D eigenvalue weighted by Crippen LogP contribution is 2.26. The van der Waals surface area contributed by atoms with E-state index in [-0.39, 0.29) is 18.2 Å². The minimum Gasteiger partial charge on any atom is -0.496 e. The van der Waals surface area contributed by atoms with Crippen LogP contribution in [0, 0.1) is 0 Å². The minimum atomic E-state index is -0.617. The van der Waals surface area contributed by atoms with Crippen molar-refractivity contribution in [2.24, 2.45) is 0 Å². The SMILES string of the molecule is COc1cc2ccccc2cc1C(=O)OCC(=O)N[C@@H](C)c1cccc(Cl)c1. The number of amides is 1. The summed E-state index contributed by atoms with van der Waals surface area (Å²) in [7, 11) is 1.49. The number of esters is 1. The van der Waals surface area contributed by atoms with Crippen molar-refractivity contribution in [2.45, 2.75) is 13.0 Å². The Kier molecular flexibility index (Phi) is 6.16. The van der Waals surface area contributed by atoms with Gasteiger partial charge in [0.1, 0.15) is 11.3 Å². The van der Waals surface area contributed by atoms with Gasteiger partial charge in [-0.15, -0.1) is 0 Å². The third-order valence-electron chi connectivity index (χ3n) is 4.35. The molecule has 3 aromatic carbocycles. The summed E-state index contributed by atoms with van der Waals surface area (Å²) in [6, 6.07) is 18.0. The number of hydrogen-bond donors (Lipinski definition) is 1. The number of methoxy groups -OCH3 is 1. The molecule has 1 atom stereocenters. The third kappa shape index (κ3) is 4.61. The molecule has 3 rings (SSSR count). The van der Waals surface area contributed by atoms with Gasteiger partial charge in [-0.2, -0.15) is 0 Å². The first-order chi connectivity index (χ1) is 13.5. The van der Waals surface area contributed by atoms with E-state index in [1.807, 2.05) is 43.3 Å². The lowest BCUT2D eigenvalue weighted by atomic mass is 10.1. The highest BCUT2D eigenvalue weighted by atomic mass is 35.5. The fourth-order valence-corrected chi connectivity index (χ4v) is 3.10. The quantitative estimate of drug-likeness (QED) is 0.620. The summed E-state index contributed by atoms with van der Waals surface area (Å²) >= 11 is 5.97. The molecule has 0 radical (unpaired) electrons. The summed E-state index contributed by atoms with van der Waals surface area (Å²) in [5, 5.41) is 5.21. The summed E-state index contributed by atoms with van der Waals surface area (Å²) in [6.07, 6.45) is 0. The molecule has 6 heteroatoms. The Morgan fingerprint density at radius 3 is 2.43 bits per heavy atom. The Morgan fingerprint density at radius 2 is 1.75 bits per heavy atom. The van der Waals surface area contributed by atoms with Crippen molar-refractivity contribution in [3.8, 4) is 5.75 Å². The first kappa shape index (κ1) is 19.7. The first-order valence-electron chi connectivity index (χ1n) is 8.76. The van der Waals surface area contributed by atoms with E-state index in [0.717, 1.165) is 16.3 Å². The highest BCUT2D eigenvalue weighted by molar-refractivity contribution is 6.30. The molecular weight excluding hydrogens is 378 g/mol. The number of nitrogens with one attached hydrogen (secondary N) is 1. The Morgan fingerprint density at radius 1 is 1.04 bits per heavy atom. The van der Waals surface area contributed by atoms with Crippen LogP contribution in [0.5, 0.6) is 5.75 Å². The van der Waals surface area contributed by atoms with E-state index >= 15 is 0 Å². The van der Waals surface area contributed by atoms with Gasteiger partial charge in [-0.1, -0.05) is 48.0 Å². The van der Waals surface area contributed by atoms with Gasteiger partial charge in [0.25, 0.3) is 5.91 Å². The zero-order valence-electron chi connectivity index (χ0n) is 15.6. The maximum atomic E-state index is 12.5. The van der Waals surface area contributed by atoms with Gasteiger partial charge < -0.3 is 14.8 Å². The summed E-state index contributed by atoms with van der Waals surface area (Å²) in [5.74, 6) is -0.620. The molecule has 5 nitrogen and oxygen atoms in total. The van der Waals surface area contributed by atoms with Crippen molar-refractivity contribution in [2.75, 3.05) is 13.7 Å². The van der Waals surface area contributed by atoms with Crippen LogP contribution in [-0.4, -0.2) is 25.6 Å². The average molecular weight is 398 g/mol. The number of benzene rings is 3. The van der Waals surface area contributed by atoms with Crippen molar-refractivity contribution >= 4 is 34.2 Å². The molecule has 0 saturated carbocycles. The molecule has 1 amide bonds. The summed E-state index contributed by atoms with van der Waals surface area (Å²) < 4.78 is 10.5. The second kappa shape index (κ2) is 8.76. The van der Waals surface area contributed by atoms with Crippen LogP contribution in [0.2, 0.25) is 5.02 Å². The van der Waals surface area contributed by atoms with Crippen molar-refractivity contribution in [3.63, 3.8) is 0 Å². The van der Waals surface area contributed by atoms with Crippen molar-refractivity contribution in [1.29, 1.82) is 0 Å². The van der Waals surface area contributed by atoms with Gasteiger partial charge in [0.15, 0.2) is 6.61 Å². The van der Waals surface area contributed by atoms with Crippen LogP contribution in [0.3, 0.4) is 0 Å². The number of rotatable bonds is 6. The predicted molar refractivity (Wildman–Crippen MR) is 109 cm³/mol. The molecule has 0 aliphatic heterocycles. The highest BCUT2D eigenvalue weighted by Gasteiger charge is 2.17. The number of ether oxygens (including phenoxy) is 2. The maximum Gasteiger partial charge on any atom is 0.342 e. The zero-order chi connectivity index (χ0) is 20.1. The Bertz CT molecular complexity index is 1020. The number of fused-ring (bicyclic) bond motifs is 1. The van der Waals surface area contributed by atoms with Gasteiger partial charge >= 0.3 is 5.97 Å². The van der Waals surface area contributed by atoms with Crippen molar-refractivity contribution in [1.82, 2.24) is 5.32 Å². The molecule has 0 unspecified atom stereocenters. The second-order valence-corrected chi connectivity index (χ2v) is 6.76. The Balaban J connectivity index is 1.65. The van der Waals surface area contributed by atoms with E-state index in [4.69, 9.17) is 21.1 Å². The van der Waals surface area contributed by atoms with Crippen LogP contribution in [0.4, 0.5) is 0 Å².